The number of nitrogens with one attached hydrogen (secondary N) is 1. The highest BCUT2D eigenvalue weighted by Crippen LogP contribution is 2.66. The first-order valence-electron chi connectivity index (χ1n) is 14.4. The highest BCUT2D eigenvalue weighted by molar-refractivity contribution is 6.18. The molecule has 4 aliphatic carbocycles. The van der Waals surface area contributed by atoms with Crippen LogP contribution >= 0.6 is 11.6 Å². The van der Waals surface area contributed by atoms with E-state index in [0.29, 0.717) is 34.5 Å². The van der Waals surface area contributed by atoms with Crippen LogP contribution in [0, 0.1) is 39.4 Å². The second-order valence-corrected chi connectivity index (χ2v) is 12.7. The Hall–Kier alpha value is -2.23. The Morgan fingerprint density at radius 2 is 1.77 bits per heavy atom. The van der Waals surface area contributed by atoms with Gasteiger partial charge in [0.1, 0.15) is 18.5 Å². The quantitative estimate of drug-likeness (QED) is 0.132. The predicted molar refractivity (Wildman–Crippen MR) is 143 cm³/mol. The molecule has 0 radical (unpaired) electrons. The van der Waals surface area contributed by atoms with Crippen molar-refractivity contribution in [2.24, 2.45) is 39.8 Å². The zero-order chi connectivity index (χ0) is 28.2. The summed E-state index contributed by atoms with van der Waals surface area (Å²) in [5.41, 5.74) is 0.210. The first kappa shape index (κ1) is 29.7. The smallest absolute Gasteiger partial charge is 0.340 e. The van der Waals surface area contributed by atoms with Crippen LogP contribution in [0.1, 0.15) is 84.5 Å². The molecule has 10 nitrogen and oxygen atoms in total. The van der Waals surface area contributed by atoms with Crippen LogP contribution < -0.4 is 5.32 Å². The van der Waals surface area contributed by atoms with Gasteiger partial charge in [0.25, 0.3) is 0 Å². The summed E-state index contributed by atoms with van der Waals surface area (Å²) in [6, 6.07) is -0.723. The zero-order valence-electron chi connectivity index (χ0n) is 23.1. The van der Waals surface area contributed by atoms with Crippen molar-refractivity contribution in [2.75, 3.05) is 25.6 Å². The fourth-order valence-electron chi connectivity index (χ4n) is 8.36. The fourth-order valence-corrected chi connectivity index (χ4v) is 8.52. The fraction of sp³-hybridized carbons (Fsp3) is 0.857. The van der Waals surface area contributed by atoms with Gasteiger partial charge in [-0.25, -0.2) is 4.79 Å². The molecule has 0 spiro atoms. The minimum atomic E-state index is -0.723. The maximum Gasteiger partial charge on any atom is 0.340 e. The van der Waals surface area contributed by atoms with Crippen molar-refractivity contribution in [1.29, 1.82) is 0 Å². The summed E-state index contributed by atoms with van der Waals surface area (Å²) in [6.45, 7) is 4.61. The van der Waals surface area contributed by atoms with E-state index in [0.717, 1.165) is 51.4 Å². The molecule has 11 heteroatoms. The standard InChI is InChI=1S/C28H42ClN3O7/c1-27-11-9-19(33)17-18(27)3-4-20-21-5-6-23(28(21,2)12-10-22(20)27)39-25(35)8-7-24(34)38-16-14-30-26(36)32(31-37)15-13-29/h18,20-23H,3-17H2,1-2H3,(H,30,36)/t18-,20-,21-,22-,23-,27-,28-/m0/s1. The summed E-state index contributed by atoms with van der Waals surface area (Å²) < 4.78 is 11.0. The van der Waals surface area contributed by atoms with Crippen molar-refractivity contribution in [2.45, 2.75) is 90.6 Å². The summed E-state index contributed by atoms with van der Waals surface area (Å²) in [5, 5.41) is 5.63. The maximum absolute atomic E-state index is 12.7. The molecular formula is C28H42ClN3O7. The van der Waals surface area contributed by atoms with E-state index in [1.54, 1.807) is 0 Å². The Labute approximate surface area is 235 Å². The lowest BCUT2D eigenvalue weighted by atomic mass is 9.45. The van der Waals surface area contributed by atoms with E-state index < -0.39 is 12.0 Å². The molecule has 0 aromatic carbocycles. The minimum absolute atomic E-state index is 0.00338. The average molecular weight is 568 g/mol. The number of urea groups is 1. The number of Topliss-reactive ketones (excluding diaryl/α,β-unsaturated/α-hetero) is 1. The molecule has 4 rings (SSSR count). The molecule has 0 unspecified atom stereocenters. The van der Waals surface area contributed by atoms with Gasteiger partial charge in [-0.05, 0) is 74.0 Å². The van der Waals surface area contributed by atoms with Gasteiger partial charge in [-0.2, -0.15) is 5.01 Å². The van der Waals surface area contributed by atoms with Crippen LogP contribution in [0.2, 0.25) is 0 Å². The molecule has 0 heterocycles. The molecule has 1 N–H and O–H groups in total. The highest BCUT2D eigenvalue weighted by atomic mass is 35.5. The van der Waals surface area contributed by atoms with E-state index >= 15 is 0 Å². The van der Waals surface area contributed by atoms with Crippen molar-refractivity contribution < 1.29 is 28.7 Å². The third-order valence-electron chi connectivity index (χ3n) is 10.5. The summed E-state index contributed by atoms with van der Waals surface area (Å²) in [5.74, 6) is 1.88. The number of fused-ring (bicyclic) bond motifs is 5. The Kier molecular flexibility index (Phi) is 9.55. The molecule has 7 atom stereocenters. The second kappa shape index (κ2) is 12.5. The number of carbonyl (C=O) groups excluding carboxylic acids is 4. The summed E-state index contributed by atoms with van der Waals surface area (Å²) >= 11 is 5.50. The van der Waals surface area contributed by atoms with E-state index in [9.17, 15) is 24.1 Å². The molecule has 4 fully saturated rings. The summed E-state index contributed by atoms with van der Waals surface area (Å²) in [6.07, 6.45) is 8.58. The van der Waals surface area contributed by atoms with E-state index in [2.05, 4.69) is 24.5 Å². The monoisotopic (exact) mass is 567 g/mol. The van der Waals surface area contributed by atoms with Crippen LogP contribution in [0.25, 0.3) is 0 Å². The van der Waals surface area contributed by atoms with Crippen molar-refractivity contribution >= 4 is 35.4 Å². The van der Waals surface area contributed by atoms with E-state index in [1.807, 2.05) is 0 Å². The number of halogens is 1. The molecule has 2 amide bonds. The van der Waals surface area contributed by atoms with E-state index in [-0.39, 0.29) is 61.3 Å². The molecule has 0 aromatic rings. The number of esters is 2. The van der Waals surface area contributed by atoms with Gasteiger partial charge in [-0.3, -0.25) is 14.4 Å². The number of hydrogen-bond donors (Lipinski definition) is 1. The molecule has 39 heavy (non-hydrogen) atoms. The number of amides is 2. The van der Waals surface area contributed by atoms with Gasteiger partial charge >= 0.3 is 18.0 Å². The number of hydrogen-bond acceptors (Lipinski definition) is 8. The second-order valence-electron chi connectivity index (χ2n) is 12.3. The Morgan fingerprint density at radius 3 is 2.51 bits per heavy atom. The van der Waals surface area contributed by atoms with Crippen LogP contribution in [-0.2, 0) is 23.9 Å². The Bertz CT molecular complexity index is 963. The molecule has 0 bridgehead atoms. The third-order valence-corrected chi connectivity index (χ3v) is 10.6. The van der Waals surface area contributed by atoms with Gasteiger partial charge < -0.3 is 14.8 Å². The average Bonchev–Trinajstić information content (AvgIpc) is 3.24. The minimum Gasteiger partial charge on any atom is -0.464 e. The van der Waals surface area contributed by atoms with Crippen molar-refractivity contribution in [3.8, 4) is 0 Å². The van der Waals surface area contributed by atoms with Gasteiger partial charge in [0, 0.05) is 24.1 Å². The van der Waals surface area contributed by atoms with Crippen LogP contribution in [0.3, 0.4) is 0 Å². The van der Waals surface area contributed by atoms with E-state index in [4.69, 9.17) is 21.1 Å². The van der Waals surface area contributed by atoms with Crippen LogP contribution in [-0.4, -0.2) is 60.4 Å². The topological polar surface area (TPSA) is 131 Å². The normalized spacial score (nSPS) is 35.2. The van der Waals surface area contributed by atoms with Gasteiger partial charge in [0.2, 0.25) is 0 Å². The summed E-state index contributed by atoms with van der Waals surface area (Å²) in [7, 11) is 0. The number of ether oxygens (including phenoxy) is 2. The zero-order valence-corrected chi connectivity index (χ0v) is 23.9. The molecule has 4 saturated carbocycles. The number of ketones is 1. The number of alkyl halides is 1. The highest BCUT2D eigenvalue weighted by Gasteiger charge is 2.61. The Morgan fingerprint density at radius 1 is 1.03 bits per heavy atom. The van der Waals surface area contributed by atoms with Crippen molar-refractivity contribution in [1.82, 2.24) is 10.3 Å². The molecule has 4 aliphatic rings. The van der Waals surface area contributed by atoms with Crippen molar-refractivity contribution in [3.63, 3.8) is 0 Å². The molecular weight excluding hydrogens is 526 g/mol. The summed E-state index contributed by atoms with van der Waals surface area (Å²) in [4.78, 5) is 59.2. The third kappa shape index (κ3) is 6.25. The lowest BCUT2D eigenvalue weighted by Crippen LogP contribution is -2.54. The van der Waals surface area contributed by atoms with Crippen LogP contribution in [0.15, 0.2) is 5.29 Å². The Balaban J connectivity index is 1.21. The maximum atomic E-state index is 12.7. The van der Waals surface area contributed by atoms with Crippen LogP contribution in [0.5, 0.6) is 0 Å². The van der Waals surface area contributed by atoms with Gasteiger partial charge in [0.05, 0.1) is 31.2 Å². The molecule has 218 valence electrons. The molecule has 0 saturated heterocycles. The van der Waals surface area contributed by atoms with Gasteiger partial charge in [-0.1, -0.05) is 13.8 Å². The lowest BCUT2D eigenvalue weighted by Gasteiger charge is -2.60. The molecule has 0 aliphatic heterocycles. The van der Waals surface area contributed by atoms with Crippen LogP contribution in [0.4, 0.5) is 4.79 Å². The largest absolute Gasteiger partial charge is 0.464 e. The van der Waals surface area contributed by atoms with Gasteiger partial charge in [-0.15, -0.1) is 16.5 Å². The van der Waals surface area contributed by atoms with Crippen molar-refractivity contribution in [3.05, 3.63) is 4.91 Å². The molecule has 0 aromatic heterocycles. The number of rotatable bonds is 10. The first-order chi connectivity index (χ1) is 18.6. The number of nitrogens with zero attached hydrogens (tertiary/aromatic N) is 2. The van der Waals surface area contributed by atoms with E-state index in [1.165, 1.54) is 6.42 Å². The first-order valence-corrected chi connectivity index (χ1v) is 15.0. The number of carbonyl (C=O) groups is 4. The predicted octanol–water partition coefficient (Wildman–Crippen LogP) is 4.77. The lowest BCUT2D eigenvalue weighted by molar-refractivity contribution is -0.165. The number of nitroso groups, excluding NO2 is 1. The van der Waals surface area contributed by atoms with Gasteiger partial charge in [0.15, 0.2) is 0 Å². The SMILES string of the molecule is C[C@]12CCC(=O)C[C@@H]1CC[C@@H]1[C@@H]2CC[C@]2(C)[C@@H](OC(=O)CCC(=O)OCCNC(=O)N(CCCl)N=O)CC[C@@H]12.